The summed E-state index contributed by atoms with van der Waals surface area (Å²) in [5.74, 6) is 7.54. The zero-order chi connectivity index (χ0) is 18.5. The molecule has 0 aliphatic carbocycles. The quantitative estimate of drug-likeness (QED) is 0.216. The molecule has 0 amide bonds. The molecule has 3 aromatic rings. The van der Waals surface area contributed by atoms with Gasteiger partial charge in [0.15, 0.2) is 5.82 Å². The van der Waals surface area contributed by atoms with Crippen LogP contribution in [0.3, 0.4) is 0 Å². The largest absolute Gasteiger partial charge is 0.492 e. The van der Waals surface area contributed by atoms with Crippen molar-refractivity contribution < 1.29 is 9.66 Å². The predicted molar refractivity (Wildman–Crippen MR) is 99.9 cm³/mol. The molecule has 0 bridgehead atoms. The number of hydrogen-bond acceptors (Lipinski definition) is 7. The third-order valence-electron chi connectivity index (χ3n) is 3.36. The maximum atomic E-state index is 10.8. The molecule has 10 heteroatoms. The number of benzene rings is 2. The van der Waals surface area contributed by atoms with Crippen LogP contribution in [0.15, 0.2) is 53.7 Å². The van der Waals surface area contributed by atoms with Gasteiger partial charge in [0.05, 0.1) is 17.6 Å². The molecule has 0 spiro atoms. The lowest BCUT2D eigenvalue weighted by Gasteiger charge is -2.06. The van der Waals surface area contributed by atoms with Crippen LogP contribution >= 0.6 is 23.4 Å². The molecule has 0 saturated carbocycles. The first-order valence-electron chi connectivity index (χ1n) is 7.51. The SMILES string of the molecule is Nn1c(SCCOc2cccc([N+](=O)[O-])c2)nnc1-c1cccc(Cl)c1. The predicted octanol–water partition coefficient (Wildman–Crippen LogP) is 3.39. The molecule has 8 nitrogen and oxygen atoms in total. The van der Waals surface area contributed by atoms with Gasteiger partial charge in [0.2, 0.25) is 5.16 Å². The van der Waals surface area contributed by atoms with E-state index in [0.717, 1.165) is 5.56 Å². The van der Waals surface area contributed by atoms with E-state index < -0.39 is 4.92 Å². The van der Waals surface area contributed by atoms with Crippen molar-refractivity contribution in [2.24, 2.45) is 0 Å². The molecule has 0 radical (unpaired) electrons. The first-order valence-corrected chi connectivity index (χ1v) is 8.87. The van der Waals surface area contributed by atoms with Crippen molar-refractivity contribution in [2.75, 3.05) is 18.2 Å². The molecular weight excluding hydrogens is 378 g/mol. The summed E-state index contributed by atoms with van der Waals surface area (Å²) in [6, 6.07) is 13.2. The van der Waals surface area contributed by atoms with Gasteiger partial charge in [-0.1, -0.05) is 41.6 Å². The molecule has 0 fully saturated rings. The molecule has 1 heterocycles. The lowest BCUT2D eigenvalue weighted by atomic mass is 10.2. The third kappa shape index (κ3) is 4.24. The lowest BCUT2D eigenvalue weighted by molar-refractivity contribution is -0.384. The number of rotatable bonds is 7. The van der Waals surface area contributed by atoms with E-state index in [1.165, 1.54) is 28.6 Å². The summed E-state index contributed by atoms with van der Waals surface area (Å²) in [7, 11) is 0. The van der Waals surface area contributed by atoms with Gasteiger partial charge in [-0.15, -0.1) is 10.2 Å². The number of thioether (sulfide) groups is 1. The zero-order valence-electron chi connectivity index (χ0n) is 13.4. The van der Waals surface area contributed by atoms with Crippen molar-refractivity contribution in [3.8, 4) is 17.1 Å². The number of nitro benzene ring substituents is 1. The number of nitrogen functional groups attached to an aromatic ring is 1. The Morgan fingerprint density at radius 1 is 1.23 bits per heavy atom. The van der Waals surface area contributed by atoms with Crippen LogP contribution in [0.4, 0.5) is 5.69 Å². The molecule has 0 aliphatic heterocycles. The van der Waals surface area contributed by atoms with Crippen LogP contribution in [-0.2, 0) is 0 Å². The van der Waals surface area contributed by atoms with Crippen LogP contribution in [0.5, 0.6) is 5.75 Å². The minimum atomic E-state index is -0.462. The molecule has 134 valence electrons. The second-order valence-corrected chi connectivity index (χ2v) is 6.64. The Morgan fingerprint density at radius 2 is 2.04 bits per heavy atom. The van der Waals surface area contributed by atoms with E-state index in [1.54, 1.807) is 24.3 Å². The molecule has 1 aromatic heterocycles. The van der Waals surface area contributed by atoms with E-state index >= 15 is 0 Å². The number of nitro groups is 1. The fourth-order valence-corrected chi connectivity index (χ4v) is 3.04. The number of nitrogens with two attached hydrogens (primary N) is 1. The second kappa shape index (κ2) is 8.07. The molecule has 0 atom stereocenters. The van der Waals surface area contributed by atoms with Crippen molar-refractivity contribution in [2.45, 2.75) is 5.16 Å². The number of nitrogens with zero attached hydrogens (tertiary/aromatic N) is 4. The van der Waals surface area contributed by atoms with Crippen molar-refractivity contribution in [3.05, 3.63) is 63.7 Å². The molecule has 0 saturated heterocycles. The molecule has 2 N–H and O–H groups in total. The molecule has 0 unspecified atom stereocenters. The number of aromatic nitrogens is 3. The summed E-state index contributed by atoms with van der Waals surface area (Å²) in [5, 5.41) is 20.0. The van der Waals surface area contributed by atoms with Crippen LogP contribution in [0, 0.1) is 10.1 Å². The summed E-state index contributed by atoms with van der Waals surface area (Å²) in [4.78, 5) is 10.3. The monoisotopic (exact) mass is 391 g/mol. The van der Waals surface area contributed by atoms with E-state index in [9.17, 15) is 10.1 Å². The number of ether oxygens (including phenoxy) is 1. The van der Waals surface area contributed by atoms with Gasteiger partial charge < -0.3 is 10.6 Å². The van der Waals surface area contributed by atoms with E-state index in [-0.39, 0.29) is 5.69 Å². The number of hydrogen-bond donors (Lipinski definition) is 1. The van der Waals surface area contributed by atoms with Gasteiger partial charge in [-0.2, -0.15) is 0 Å². The average Bonchev–Trinajstić information content (AvgIpc) is 2.99. The minimum Gasteiger partial charge on any atom is -0.492 e. The fraction of sp³-hybridized carbons (Fsp3) is 0.125. The lowest BCUT2D eigenvalue weighted by Crippen LogP contribution is -2.12. The molecule has 0 aliphatic rings. The maximum absolute atomic E-state index is 10.8. The van der Waals surface area contributed by atoms with Gasteiger partial charge in [0.1, 0.15) is 5.75 Å². The van der Waals surface area contributed by atoms with Crippen LogP contribution in [0.2, 0.25) is 5.02 Å². The smallest absolute Gasteiger partial charge is 0.273 e. The van der Waals surface area contributed by atoms with Gasteiger partial charge in [-0.05, 0) is 18.2 Å². The Labute approximate surface area is 158 Å². The van der Waals surface area contributed by atoms with Gasteiger partial charge in [0, 0.05) is 22.4 Å². The Hall–Kier alpha value is -2.78. The summed E-state index contributed by atoms with van der Waals surface area (Å²) >= 11 is 7.35. The van der Waals surface area contributed by atoms with Gasteiger partial charge in [-0.3, -0.25) is 10.1 Å². The molecule has 26 heavy (non-hydrogen) atoms. The van der Waals surface area contributed by atoms with Gasteiger partial charge in [-0.25, -0.2) is 4.68 Å². The van der Waals surface area contributed by atoms with Crippen molar-refractivity contribution in [1.29, 1.82) is 0 Å². The Kier molecular flexibility index (Phi) is 5.59. The molecule has 2 aromatic carbocycles. The summed E-state index contributed by atoms with van der Waals surface area (Å²) in [5.41, 5.74) is 0.759. The Morgan fingerprint density at radius 3 is 2.81 bits per heavy atom. The van der Waals surface area contributed by atoms with E-state index in [2.05, 4.69) is 10.2 Å². The highest BCUT2D eigenvalue weighted by atomic mass is 35.5. The molecular formula is C16H14ClN5O3S. The van der Waals surface area contributed by atoms with Crippen molar-refractivity contribution in [1.82, 2.24) is 14.9 Å². The summed E-state index contributed by atoms with van der Waals surface area (Å²) in [6.07, 6.45) is 0. The highest BCUT2D eigenvalue weighted by Gasteiger charge is 2.12. The fourth-order valence-electron chi connectivity index (χ4n) is 2.18. The van der Waals surface area contributed by atoms with Crippen LogP contribution < -0.4 is 10.6 Å². The first kappa shape index (κ1) is 18.0. The topological polar surface area (TPSA) is 109 Å². The van der Waals surface area contributed by atoms with E-state index in [0.29, 0.717) is 34.1 Å². The zero-order valence-corrected chi connectivity index (χ0v) is 15.0. The third-order valence-corrected chi connectivity index (χ3v) is 4.50. The summed E-state index contributed by atoms with van der Waals surface area (Å²) < 4.78 is 6.92. The van der Waals surface area contributed by atoms with Crippen molar-refractivity contribution >= 4 is 29.1 Å². The normalized spacial score (nSPS) is 10.7. The van der Waals surface area contributed by atoms with Gasteiger partial charge >= 0.3 is 0 Å². The number of non-ortho nitro benzene ring substituents is 1. The van der Waals surface area contributed by atoms with Crippen molar-refractivity contribution in [3.63, 3.8) is 0 Å². The van der Waals surface area contributed by atoms with Crippen LogP contribution in [0.25, 0.3) is 11.4 Å². The highest BCUT2D eigenvalue weighted by molar-refractivity contribution is 7.99. The number of halogens is 1. The first-order chi connectivity index (χ1) is 12.5. The highest BCUT2D eigenvalue weighted by Crippen LogP contribution is 2.24. The van der Waals surface area contributed by atoms with Crippen LogP contribution in [-0.4, -0.2) is 32.2 Å². The summed E-state index contributed by atoms with van der Waals surface area (Å²) in [6.45, 7) is 0.338. The Bertz CT molecular complexity index is 934. The minimum absolute atomic E-state index is 0.0111. The Balaban J connectivity index is 1.58. The van der Waals surface area contributed by atoms with Gasteiger partial charge in [0.25, 0.3) is 5.69 Å². The second-order valence-electron chi connectivity index (χ2n) is 5.14. The van der Waals surface area contributed by atoms with Crippen LogP contribution in [0.1, 0.15) is 0 Å². The van der Waals surface area contributed by atoms with E-state index in [1.807, 2.05) is 12.1 Å². The average molecular weight is 392 g/mol. The molecule has 3 rings (SSSR count). The van der Waals surface area contributed by atoms with E-state index in [4.69, 9.17) is 22.2 Å². The maximum Gasteiger partial charge on any atom is 0.273 e. The standard InChI is InChI=1S/C16H14ClN5O3S/c17-12-4-1-3-11(9-12)15-19-20-16(21(15)18)26-8-7-25-14-6-2-5-13(10-14)22(23)24/h1-6,9-10H,7-8,18H2.